The highest BCUT2D eigenvalue weighted by molar-refractivity contribution is 7.80. The largest absolute Gasteiger partial charge is 0.478 e. The number of aromatic carboxylic acids is 1. The summed E-state index contributed by atoms with van der Waals surface area (Å²) in [5.74, 6) is 0.587. The van der Waals surface area contributed by atoms with E-state index in [1.54, 1.807) is 30.3 Å². The Balaban J connectivity index is 2.39. The molecule has 0 amide bonds. The molecule has 0 aliphatic heterocycles. The molecule has 2 aromatic rings. The summed E-state index contributed by atoms with van der Waals surface area (Å²) in [4.78, 5) is 11.4. The van der Waals surface area contributed by atoms with E-state index in [4.69, 9.17) is 4.74 Å². The van der Waals surface area contributed by atoms with Crippen molar-refractivity contribution in [3.8, 4) is 11.5 Å². The molecule has 0 unspecified atom stereocenters. The first-order valence-electron chi connectivity index (χ1n) is 5.91. The van der Waals surface area contributed by atoms with Gasteiger partial charge >= 0.3 is 5.97 Å². The molecule has 0 aromatic heterocycles. The summed E-state index contributed by atoms with van der Waals surface area (Å²) in [5.41, 5.74) is 0.941. The van der Waals surface area contributed by atoms with Crippen molar-refractivity contribution in [2.75, 3.05) is 5.75 Å². The number of carboxylic acid groups (broad SMARTS) is 1. The zero-order chi connectivity index (χ0) is 13.7. The topological polar surface area (TPSA) is 46.5 Å². The molecule has 4 heteroatoms. The smallest absolute Gasteiger partial charge is 0.339 e. The van der Waals surface area contributed by atoms with E-state index >= 15 is 0 Å². The summed E-state index contributed by atoms with van der Waals surface area (Å²) in [5, 5.41) is 9.35. The molecule has 1 N–H and O–H groups in total. The molecule has 0 radical (unpaired) electrons. The van der Waals surface area contributed by atoms with Crippen LogP contribution in [-0.4, -0.2) is 16.8 Å². The van der Waals surface area contributed by atoms with Crippen LogP contribution in [0.15, 0.2) is 48.5 Å². The Hall–Kier alpha value is -1.94. The van der Waals surface area contributed by atoms with Crippen LogP contribution in [0.5, 0.6) is 11.5 Å². The maximum atomic E-state index is 11.4. The van der Waals surface area contributed by atoms with Gasteiger partial charge in [-0.3, -0.25) is 0 Å². The van der Waals surface area contributed by atoms with Gasteiger partial charge in [0.15, 0.2) is 0 Å². The Kier molecular flexibility index (Phi) is 4.47. The predicted octanol–water partition coefficient (Wildman–Crippen LogP) is 3.65. The molecule has 0 atom stereocenters. The van der Waals surface area contributed by atoms with Gasteiger partial charge in [-0.05, 0) is 35.9 Å². The minimum absolute atomic E-state index is 0.209. The average molecular weight is 274 g/mol. The Morgan fingerprint density at radius 1 is 1.11 bits per heavy atom. The van der Waals surface area contributed by atoms with E-state index < -0.39 is 5.97 Å². The predicted molar refractivity (Wildman–Crippen MR) is 77.5 cm³/mol. The molecule has 0 saturated heterocycles. The number of aryl methyl sites for hydroxylation is 1. The average Bonchev–Trinajstić information content (AvgIpc) is 2.40. The number of carboxylic acids is 1. The van der Waals surface area contributed by atoms with Crippen LogP contribution in [0.25, 0.3) is 0 Å². The quantitative estimate of drug-likeness (QED) is 0.818. The molecule has 0 aliphatic rings. The second kappa shape index (κ2) is 6.29. The lowest BCUT2D eigenvalue weighted by molar-refractivity contribution is 0.0693. The Labute approximate surface area is 117 Å². The van der Waals surface area contributed by atoms with Gasteiger partial charge in [0.05, 0.1) is 0 Å². The third kappa shape index (κ3) is 3.29. The summed E-state index contributed by atoms with van der Waals surface area (Å²) in [6, 6.07) is 14.4. The molecule has 2 rings (SSSR count). The van der Waals surface area contributed by atoms with Crippen molar-refractivity contribution in [3.63, 3.8) is 0 Å². The van der Waals surface area contributed by atoms with Gasteiger partial charge < -0.3 is 9.84 Å². The molecule has 98 valence electrons. The van der Waals surface area contributed by atoms with Crippen molar-refractivity contribution < 1.29 is 14.6 Å². The van der Waals surface area contributed by atoms with Gasteiger partial charge in [-0.25, -0.2) is 4.79 Å². The molecule has 19 heavy (non-hydrogen) atoms. The van der Waals surface area contributed by atoms with E-state index in [0.29, 0.717) is 23.7 Å². The van der Waals surface area contributed by atoms with E-state index in [-0.39, 0.29) is 5.56 Å². The molecule has 3 nitrogen and oxygen atoms in total. The third-order valence-corrected chi connectivity index (χ3v) is 2.90. The molecule has 0 bridgehead atoms. The lowest BCUT2D eigenvalue weighted by Crippen LogP contribution is -2.05. The van der Waals surface area contributed by atoms with Crippen LogP contribution in [0.1, 0.15) is 15.9 Å². The first kappa shape index (κ1) is 13.5. The molecule has 2 aromatic carbocycles. The summed E-state index contributed by atoms with van der Waals surface area (Å²) in [6.45, 7) is 0. The Morgan fingerprint density at radius 3 is 2.47 bits per heavy atom. The molecule has 0 heterocycles. The van der Waals surface area contributed by atoms with Gasteiger partial charge in [0.1, 0.15) is 17.1 Å². The van der Waals surface area contributed by atoms with Gasteiger partial charge in [0, 0.05) is 0 Å². The van der Waals surface area contributed by atoms with Crippen molar-refractivity contribution in [1.82, 2.24) is 0 Å². The minimum Gasteiger partial charge on any atom is -0.478 e. The molecular formula is C15H14O3S. The van der Waals surface area contributed by atoms with Crippen molar-refractivity contribution >= 4 is 18.6 Å². The summed E-state index contributed by atoms with van der Waals surface area (Å²) in [6.07, 6.45) is 0.594. The van der Waals surface area contributed by atoms with Crippen LogP contribution in [-0.2, 0) is 6.42 Å². The normalized spacial score (nSPS) is 10.2. The van der Waals surface area contributed by atoms with E-state index in [1.807, 2.05) is 18.2 Å². The van der Waals surface area contributed by atoms with Gasteiger partial charge in [-0.1, -0.05) is 30.3 Å². The number of hydrogen-bond donors (Lipinski definition) is 2. The maximum Gasteiger partial charge on any atom is 0.339 e. The summed E-state index contributed by atoms with van der Waals surface area (Å²) >= 11 is 4.15. The summed E-state index contributed by atoms with van der Waals surface area (Å²) < 4.78 is 5.65. The van der Waals surface area contributed by atoms with Crippen molar-refractivity contribution in [2.45, 2.75) is 6.42 Å². The van der Waals surface area contributed by atoms with Gasteiger partial charge in [-0.2, -0.15) is 12.6 Å². The van der Waals surface area contributed by atoms with Crippen LogP contribution in [0.3, 0.4) is 0 Å². The highest BCUT2D eigenvalue weighted by atomic mass is 32.1. The van der Waals surface area contributed by atoms with Crippen LogP contribution in [0, 0.1) is 0 Å². The molecule has 0 spiro atoms. The fourth-order valence-corrected chi connectivity index (χ4v) is 2.09. The van der Waals surface area contributed by atoms with Crippen molar-refractivity contribution in [3.05, 3.63) is 59.7 Å². The third-order valence-electron chi connectivity index (χ3n) is 2.68. The lowest BCUT2D eigenvalue weighted by Gasteiger charge is -2.12. The molecular weight excluding hydrogens is 260 g/mol. The van der Waals surface area contributed by atoms with Crippen molar-refractivity contribution in [1.29, 1.82) is 0 Å². The standard InChI is InChI=1S/C15H14O3S/c16-15(17)14-11(9-10-19)5-4-8-13(14)18-12-6-2-1-3-7-12/h1-8,19H,9-10H2,(H,16,17). The fourth-order valence-electron chi connectivity index (χ4n) is 1.85. The zero-order valence-corrected chi connectivity index (χ0v) is 11.1. The minimum atomic E-state index is -0.983. The number of ether oxygens (including phenoxy) is 1. The molecule has 0 saturated carbocycles. The lowest BCUT2D eigenvalue weighted by atomic mass is 10.0. The van der Waals surface area contributed by atoms with E-state index in [0.717, 1.165) is 5.56 Å². The van der Waals surface area contributed by atoms with E-state index in [9.17, 15) is 9.90 Å². The van der Waals surface area contributed by atoms with Crippen LogP contribution >= 0.6 is 12.6 Å². The van der Waals surface area contributed by atoms with E-state index in [1.165, 1.54) is 0 Å². The van der Waals surface area contributed by atoms with Gasteiger partial charge in [-0.15, -0.1) is 0 Å². The second-order valence-electron chi connectivity index (χ2n) is 3.98. The number of benzene rings is 2. The van der Waals surface area contributed by atoms with Crippen LogP contribution in [0.4, 0.5) is 0 Å². The van der Waals surface area contributed by atoms with Crippen LogP contribution in [0.2, 0.25) is 0 Å². The fraction of sp³-hybridized carbons (Fsp3) is 0.133. The second-order valence-corrected chi connectivity index (χ2v) is 4.43. The van der Waals surface area contributed by atoms with E-state index in [2.05, 4.69) is 12.6 Å². The highest BCUT2D eigenvalue weighted by Crippen LogP contribution is 2.28. The number of hydrogen-bond acceptors (Lipinski definition) is 3. The summed E-state index contributed by atoms with van der Waals surface area (Å²) in [7, 11) is 0. The number of rotatable bonds is 5. The Bertz CT molecular complexity index is 567. The number of thiol groups is 1. The highest BCUT2D eigenvalue weighted by Gasteiger charge is 2.16. The first-order valence-corrected chi connectivity index (χ1v) is 6.54. The number of carbonyl (C=O) groups is 1. The monoisotopic (exact) mass is 274 g/mol. The SMILES string of the molecule is O=C(O)c1c(CCS)cccc1Oc1ccccc1. The van der Waals surface area contributed by atoms with Crippen LogP contribution < -0.4 is 4.74 Å². The van der Waals surface area contributed by atoms with Gasteiger partial charge in [0.2, 0.25) is 0 Å². The van der Waals surface area contributed by atoms with Gasteiger partial charge in [0.25, 0.3) is 0 Å². The van der Waals surface area contributed by atoms with Crippen molar-refractivity contribution in [2.24, 2.45) is 0 Å². The number of para-hydroxylation sites is 1. The molecule has 0 aliphatic carbocycles. The maximum absolute atomic E-state index is 11.4. The zero-order valence-electron chi connectivity index (χ0n) is 10.2. The molecule has 0 fully saturated rings. The Morgan fingerprint density at radius 2 is 1.84 bits per heavy atom. The first-order chi connectivity index (χ1) is 9.22.